The molecule has 1 N–H and O–H groups in total. The number of halogens is 1. The van der Waals surface area contributed by atoms with E-state index in [0.29, 0.717) is 13.2 Å². The minimum atomic E-state index is -0.173. The zero-order valence-electron chi connectivity index (χ0n) is 12.7. The predicted molar refractivity (Wildman–Crippen MR) is 80.6 cm³/mol. The molecule has 0 amide bonds. The molecule has 0 radical (unpaired) electrons. The molecule has 0 atom stereocenters. The maximum Gasteiger partial charge on any atom is 0.123 e. The van der Waals surface area contributed by atoms with Crippen LogP contribution in [-0.2, 0) is 11.3 Å². The number of morpholine rings is 1. The summed E-state index contributed by atoms with van der Waals surface area (Å²) in [6, 6.07) is 5.08. The highest BCUT2D eigenvalue weighted by molar-refractivity contribution is 5.56. The number of nitrogens with one attached hydrogen (secondary N) is 1. The first-order valence-electron chi connectivity index (χ1n) is 7.39. The molecular formula is C16H25FN2O. The Morgan fingerprint density at radius 3 is 2.90 bits per heavy atom. The van der Waals surface area contributed by atoms with Crippen LogP contribution < -0.4 is 10.2 Å². The Bertz CT molecular complexity index is 448. The van der Waals surface area contributed by atoms with Gasteiger partial charge in [0.05, 0.1) is 18.8 Å². The first-order valence-corrected chi connectivity index (χ1v) is 7.39. The lowest BCUT2D eigenvalue weighted by Crippen LogP contribution is -2.53. The summed E-state index contributed by atoms with van der Waals surface area (Å²) in [5, 5.41) is 3.36. The molecule has 1 aliphatic rings. The summed E-state index contributed by atoms with van der Waals surface area (Å²) in [5.41, 5.74) is 2.08. The predicted octanol–water partition coefficient (Wildman–Crippen LogP) is 2.94. The van der Waals surface area contributed by atoms with Crippen molar-refractivity contribution in [3.63, 3.8) is 0 Å². The van der Waals surface area contributed by atoms with Crippen LogP contribution in [0.4, 0.5) is 10.1 Å². The van der Waals surface area contributed by atoms with E-state index in [0.717, 1.165) is 37.4 Å². The molecule has 1 aliphatic heterocycles. The van der Waals surface area contributed by atoms with Gasteiger partial charge in [-0.3, -0.25) is 0 Å². The lowest BCUT2D eigenvalue weighted by molar-refractivity contribution is 0.0643. The number of hydrogen-bond acceptors (Lipinski definition) is 3. The van der Waals surface area contributed by atoms with Crippen molar-refractivity contribution >= 4 is 5.69 Å². The summed E-state index contributed by atoms with van der Waals surface area (Å²) in [7, 11) is 0. The Morgan fingerprint density at radius 2 is 2.20 bits per heavy atom. The van der Waals surface area contributed by atoms with Gasteiger partial charge in [0.25, 0.3) is 0 Å². The fourth-order valence-electron chi connectivity index (χ4n) is 2.66. The van der Waals surface area contributed by atoms with Gasteiger partial charge < -0.3 is 15.0 Å². The summed E-state index contributed by atoms with van der Waals surface area (Å²) in [4.78, 5) is 2.33. The number of anilines is 1. The van der Waals surface area contributed by atoms with Crippen molar-refractivity contribution < 1.29 is 9.13 Å². The van der Waals surface area contributed by atoms with Crippen LogP contribution in [0.3, 0.4) is 0 Å². The van der Waals surface area contributed by atoms with Crippen LogP contribution >= 0.6 is 0 Å². The second-order valence-electron chi connectivity index (χ2n) is 5.97. The van der Waals surface area contributed by atoms with Gasteiger partial charge in [-0.05, 0) is 50.6 Å². The number of ether oxygens (including phenoxy) is 1. The molecule has 1 heterocycles. The van der Waals surface area contributed by atoms with Gasteiger partial charge in [0, 0.05) is 18.8 Å². The highest BCUT2D eigenvalue weighted by Gasteiger charge is 2.31. The van der Waals surface area contributed by atoms with E-state index in [2.05, 4.69) is 31.0 Å². The Hall–Kier alpha value is -1.13. The van der Waals surface area contributed by atoms with Crippen molar-refractivity contribution in [3.05, 3.63) is 29.6 Å². The van der Waals surface area contributed by atoms with Gasteiger partial charge in [-0.15, -0.1) is 0 Å². The minimum Gasteiger partial charge on any atom is -0.377 e. The van der Waals surface area contributed by atoms with Gasteiger partial charge in [0.1, 0.15) is 5.82 Å². The third kappa shape index (κ3) is 3.49. The quantitative estimate of drug-likeness (QED) is 0.839. The van der Waals surface area contributed by atoms with Crippen LogP contribution in [0.15, 0.2) is 18.2 Å². The molecule has 3 nitrogen and oxygen atoms in total. The van der Waals surface area contributed by atoms with Crippen LogP contribution in [0.5, 0.6) is 0 Å². The van der Waals surface area contributed by atoms with Crippen molar-refractivity contribution in [3.8, 4) is 0 Å². The minimum absolute atomic E-state index is 0.0599. The molecule has 0 unspecified atom stereocenters. The Balaban J connectivity index is 2.25. The molecule has 2 rings (SSSR count). The summed E-state index contributed by atoms with van der Waals surface area (Å²) >= 11 is 0. The molecule has 1 aromatic rings. The SMILES string of the molecule is CCCNCc1cc(F)ccc1N1CCOCC1(C)C. The van der Waals surface area contributed by atoms with Gasteiger partial charge in [-0.1, -0.05) is 6.92 Å². The third-order valence-electron chi connectivity index (χ3n) is 3.72. The molecule has 0 aromatic heterocycles. The van der Waals surface area contributed by atoms with Crippen LogP contribution in [0.2, 0.25) is 0 Å². The lowest BCUT2D eigenvalue weighted by Gasteiger charge is -2.44. The van der Waals surface area contributed by atoms with Crippen LogP contribution in [0, 0.1) is 5.82 Å². The molecule has 0 bridgehead atoms. The highest BCUT2D eigenvalue weighted by atomic mass is 19.1. The van der Waals surface area contributed by atoms with Crippen LogP contribution in [-0.4, -0.2) is 31.8 Å². The van der Waals surface area contributed by atoms with E-state index in [1.165, 1.54) is 0 Å². The molecule has 1 fully saturated rings. The maximum atomic E-state index is 13.5. The van der Waals surface area contributed by atoms with E-state index >= 15 is 0 Å². The fourth-order valence-corrected chi connectivity index (χ4v) is 2.66. The molecule has 0 spiro atoms. The van der Waals surface area contributed by atoms with E-state index in [9.17, 15) is 4.39 Å². The van der Waals surface area contributed by atoms with Crippen molar-refractivity contribution in [1.29, 1.82) is 0 Å². The zero-order chi connectivity index (χ0) is 14.6. The molecule has 0 aliphatic carbocycles. The first kappa shape index (κ1) is 15.3. The van der Waals surface area contributed by atoms with Gasteiger partial charge >= 0.3 is 0 Å². The second-order valence-corrected chi connectivity index (χ2v) is 5.97. The molecule has 0 saturated carbocycles. The molecule has 4 heteroatoms. The van der Waals surface area contributed by atoms with Crippen molar-refractivity contribution in [2.45, 2.75) is 39.3 Å². The van der Waals surface area contributed by atoms with Gasteiger partial charge in [0.15, 0.2) is 0 Å². The molecular weight excluding hydrogens is 255 g/mol. The van der Waals surface area contributed by atoms with Crippen molar-refractivity contribution in [2.75, 3.05) is 31.2 Å². The summed E-state index contributed by atoms with van der Waals surface area (Å²) < 4.78 is 19.1. The Labute approximate surface area is 121 Å². The number of hydrogen-bond donors (Lipinski definition) is 1. The topological polar surface area (TPSA) is 24.5 Å². The normalized spacial score (nSPS) is 18.3. The molecule has 1 saturated heterocycles. The molecule has 1 aromatic carbocycles. The van der Waals surface area contributed by atoms with Crippen molar-refractivity contribution in [1.82, 2.24) is 5.32 Å². The van der Waals surface area contributed by atoms with Crippen LogP contribution in [0.25, 0.3) is 0 Å². The van der Waals surface area contributed by atoms with E-state index < -0.39 is 0 Å². The van der Waals surface area contributed by atoms with Crippen LogP contribution in [0.1, 0.15) is 32.8 Å². The number of rotatable bonds is 5. The fraction of sp³-hybridized carbons (Fsp3) is 0.625. The Kier molecular flexibility index (Phi) is 5.00. The van der Waals surface area contributed by atoms with Gasteiger partial charge in [-0.2, -0.15) is 0 Å². The monoisotopic (exact) mass is 280 g/mol. The van der Waals surface area contributed by atoms with E-state index in [4.69, 9.17) is 4.74 Å². The van der Waals surface area contributed by atoms with E-state index in [1.807, 2.05) is 6.07 Å². The molecule has 20 heavy (non-hydrogen) atoms. The third-order valence-corrected chi connectivity index (χ3v) is 3.72. The smallest absolute Gasteiger partial charge is 0.123 e. The van der Waals surface area contributed by atoms with Gasteiger partial charge in [-0.25, -0.2) is 4.39 Å². The van der Waals surface area contributed by atoms with E-state index in [1.54, 1.807) is 12.1 Å². The number of benzene rings is 1. The Morgan fingerprint density at radius 1 is 1.40 bits per heavy atom. The largest absolute Gasteiger partial charge is 0.377 e. The standard InChI is InChI=1S/C16H25FN2O/c1-4-7-18-11-13-10-14(17)5-6-15(13)19-8-9-20-12-16(19,2)3/h5-6,10,18H,4,7-9,11-12H2,1-3H3. The summed E-state index contributed by atoms with van der Waals surface area (Å²) in [6.45, 7) is 10.4. The van der Waals surface area contributed by atoms with Crippen molar-refractivity contribution in [2.24, 2.45) is 0 Å². The summed E-state index contributed by atoms with van der Waals surface area (Å²) in [5.74, 6) is -0.173. The molecule has 112 valence electrons. The maximum absolute atomic E-state index is 13.5. The average molecular weight is 280 g/mol. The number of nitrogens with zero attached hydrogens (tertiary/aromatic N) is 1. The zero-order valence-corrected chi connectivity index (χ0v) is 12.7. The van der Waals surface area contributed by atoms with E-state index in [-0.39, 0.29) is 11.4 Å². The second kappa shape index (κ2) is 6.55. The summed E-state index contributed by atoms with van der Waals surface area (Å²) in [6.07, 6.45) is 1.08. The van der Waals surface area contributed by atoms with Gasteiger partial charge in [0.2, 0.25) is 0 Å². The average Bonchev–Trinajstić information content (AvgIpc) is 2.40. The first-order chi connectivity index (χ1) is 9.54. The lowest BCUT2D eigenvalue weighted by atomic mass is 9.99. The highest BCUT2D eigenvalue weighted by Crippen LogP contribution is 2.30.